The summed E-state index contributed by atoms with van der Waals surface area (Å²) in [5, 5.41) is 2.91. The van der Waals surface area contributed by atoms with Crippen molar-refractivity contribution >= 4 is 11.6 Å². The highest BCUT2D eigenvalue weighted by Crippen LogP contribution is 2.16. The minimum absolute atomic E-state index is 0.163. The smallest absolute Gasteiger partial charge is 0.255 e. The van der Waals surface area contributed by atoms with Gasteiger partial charge in [-0.15, -0.1) is 0 Å². The fraction of sp³-hybridized carbons (Fsp3) is 0.111. The lowest BCUT2D eigenvalue weighted by atomic mass is 10.1. The quantitative estimate of drug-likeness (QED) is 0.787. The van der Waals surface area contributed by atoms with Gasteiger partial charge in [-0.1, -0.05) is 18.2 Å². The highest BCUT2D eigenvalue weighted by Gasteiger charge is 2.07. The number of ether oxygens (including phenoxy) is 1. The Balaban J connectivity index is 1.73. The maximum atomic E-state index is 12.3. The molecule has 0 radical (unpaired) electrons. The van der Waals surface area contributed by atoms with Gasteiger partial charge in [0.25, 0.3) is 5.91 Å². The number of rotatable bonds is 5. The summed E-state index contributed by atoms with van der Waals surface area (Å²) in [4.78, 5) is 16.4. The number of nitrogens with zero attached hydrogens (tertiary/aromatic N) is 2. The lowest BCUT2D eigenvalue weighted by Gasteiger charge is -2.09. The van der Waals surface area contributed by atoms with Crippen LogP contribution >= 0.6 is 0 Å². The van der Waals surface area contributed by atoms with E-state index in [9.17, 15) is 4.79 Å². The number of hydrogen-bond donors (Lipinski definition) is 1. The molecule has 0 spiro atoms. The largest absolute Gasteiger partial charge is 0.497 e. The minimum atomic E-state index is -0.163. The molecule has 1 N–H and O–H groups in total. The number of carbonyl (C=O) groups excluding carboxylic acids is 1. The molecule has 5 nitrogen and oxygen atoms in total. The molecule has 0 fully saturated rings. The standard InChI is InChI=1S/C18H17N3O2/c1-23-17-7-3-5-15(11-17)18(22)20-16-6-2-4-14(10-16)12-21-9-8-19-13-21/h2-11,13H,12H2,1H3,(H,20,22). The third-order valence-corrected chi connectivity index (χ3v) is 3.44. The maximum Gasteiger partial charge on any atom is 0.255 e. The van der Waals surface area contributed by atoms with Crippen molar-refractivity contribution < 1.29 is 9.53 Å². The van der Waals surface area contributed by atoms with Crippen molar-refractivity contribution in [2.45, 2.75) is 6.54 Å². The fourth-order valence-corrected chi connectivity index (χ4v) is 2.31. The number of amides is 1. The van der Waals surface area contributed by atoms with Crippen molar-refractivity contribution in [2.24, 2.45) is 0 Å². The maximum absolute atomic E-state index is 12.3. The van der Waals surface area contributed by atoms with E-state index < -0.39 is 0 Å². The number of nitrogens with one attached hydrogen (secondary N) is 1. The van der Waals surface area contributed by atoms with Crippen LogP contribution in [0.25, 0.3) is 0 Å². The topological polar surface area (TPSA) is 56.1 Å². The number of carbonyl (C=O) groups is 1. The van der Waals surface area contributed by atoms with Gasteiger partial charge >= 0.3 is 0 Å². The van der Waals surface area contributed by atoms with E-state index in [4.69, 9.17) is 4.74 Å². The highest BCUT2D eigenvalue weighted by atomic mass is 16.5. The predicted molar refractivity (Wildman–Crippen MR) is 88.7 cm³/mol. The van der Waals surface area contributed by atoms with Gasteiger partial charge in [-0.05, 0) is 35.9 Å². The SMILES string of the molecule is COc1cccc(C(=O)Nc2cccc(Cn3ccnc3)c2)c1. The third kappa shape index (κ3) is 3.77. The van der Waals surface area contributed by atoms with E-state index in [0.717, 1.165) is 11.3 Å². The van der Waals surface area contributed by atoms with Gasteiger partial charge < -0.3 is 14.6 Å². The molecule has 1 heterocycles. The summed E-state index contributed by atoms with van der Waals surface area (Å²) in [6, 6.07) is 14.8. The Bertz CT molecular complexity index is 798. The summed E-state index contributed by atoms with van der Waals surface area (Å²) in [5.74, 6) is 0.496. The first-order valence-corrected chi connectivity index (χ1v) is 7.25. The van der Waals surface area contributed by atoms with Crippen LogP contribution in [0.5, 0.6) is 5.75 Å². The molecule has 5 heteroatoms. The average molecular weight is 307 g/mol. The van der Waals surface area contributed by atoms with Crippen LogP contribution in [0.3, 0.4) is 0 Å². The molecule has 0 unspecified atom stereocenters. The van der Waals surface area contributed by atoms with Crippen LogP contribution in [0.4, 0.5) is 5.69 Å². The Hall–Kier alpha value is -3.08. The van der Waals surface area contributed by atoms with Crippen molar-refractivity contribution in [1.82, 2.24) is 9.55 Å². The molecule has 3 aromatic rings. The molecule has 23 heavy (non-hydrogen) atoms. The second-order valence-corrected chi connectivity index (χ2v) is 5.12. The Morgan fingerprint density at radius 3 is 2.87 bits per heavy atom. The van der Waals surface area contributed by atoms with Gasteiger partial charge in [0.2, 0.25) is 0 Å². The van der Waals surface area contributed by atoms with Gasteiger partial charge in [-0.3, -0.25) is 4.79 Å². The monoisotopic (exact) mass is 307 g/mol. The van der Waals surface area contributed by atoms with E-state index in [1.54, 1.807) is 37.8 Å². The summed E-state index contributed by atoms with van der Waals surface area (Å²) in [7, 11) is 1.58. The van der Waals surface area contributed by atoms with E-state index in [1.165, 1.54) is 0 Å². The van der Waals surface area contributed by atoms with Gasteiger partial charge in [-0.2, -0.15) is 0 Å². The van der Waals surface area contributed by atoms with Crippen molar-refractivity contribution in [2.75, 3.05) is 12.4 Å². The zero-order chi connectivity index (χ0) is 16.1. The first kappa shape index (κ1) is 14.8. The van der Waals surface area contributed by atoms with Crippen LogP contribution in [-0.4, -0.2) is 22.6 Å². The van der Waals surface area contributed by atoms with Gasteiger partial charge in [0, 0.05) is 30.2 Å². The molecule has 2 aromatic carbocycles. The number of benzene rings is 2. The number of anilines is 1. The Labute approximate surface area is 134 Å². The average Bonchev–Trinajstić information content (AvgIpc) is 3.08. The van der Waals surface area contributed by atoms with Crippen molar-refractivity contribution in [1.29, 1.82) is 0 Å². The number of methoxy groups -OCH3 is 1. The molecule has 3 rings (SSSR count). The molecule has 0 saturated carbocycles. The lowest BCUT2D eigenvalue weighted by molar-refractivity contribution is 0.102. The summed E-state index contributed by atoms with van der Waals surface area (Å²) < 4.78 is 7.12. The first-order chi connectivity index (χ1) is 11.2. The second-order valence-electron chi connectivity index (χ2n) is 5.12. The Morgan fingerprint density at radius 1 is 1.22 bits per heavy atom. The number of aromatic nitrogens is 2. The second kappa shape index (κ2) is 6.79. The lowest BCUT2D eigenvalue weighted by Crippen LogP contribution is -2.12. The van der Waals surface area contributed by atoms with E-state index in [-0.39, 0.29) is 5.91 Å². The van der Waals surface area contributed by atoms with Crippen molar-refractivity contribution in [3.8, 4) is 5.75 Å². The number of hydrogen-bond acceptors (Lipinski definition) is 3. The first-order valence-electron chi connectivity index (χ1n) is 7.25. The summed E-state index contributed by atoms with van der Waals surface area (Å²) in [6.07, 6.45) is 5.41. The van der Waals surface area contributed by atoms with Gasteiger partial charge in [0.1, 0.15) is 5.75 Å². The fourth-order valence-electron chi connectivity index (χ4n) is 2.31. The van der Waals surface area contributed by atoms with E-state index in [0.29, 0.717) is 17.9 Å². The zero-order valence-corrected chi connectivity index (χ0v) is 12.8. The van der Waals surface area contributed by atoms with E-state index >= 15 is 0 Å². The Kier molecular flexibility index (Phi) is 4.38. The molecule has 0 aliphatic carbocycles. The molecule has 1 amide bonds. The molecule has 0 bridgehead atoms. The molecule has 116 valence electrons. The van der Waals surface area contributed by atoms with Gasteiger partial charge in [0.15, 0.2) is 0 Å². The highest BCUT2D eigenvalue weighted by molar-refractivity contribution is 6.04. The molecule has 1 aromatic heterocycles. The third-order valence-electron chi connectivity index (χ3n) is 3.44. The molecule has 0 saturated heterocycles. The van der Waals surface area contributed by atoms with Crippen LogP contribution in [0.1, 0.15) is 15.9 Å². The Morgan fingerprint density at radius 2 is 2.09 bits per heavy atom. The summed E-state index contributed by atoms with van der Waals surface area (Å²) in [5.41, 5.74) is 2.41. The molecule has 0 aliphatic rings. The molecular weight excluding hydrogens is 290 g/mol. The summed E-state index contributed by atoms with van der Waals surface area (Å²) >= 11 is 0. The molecule has 0 atom stereocenters. The predicted octanol–water partition coefficient (Wildman–Crippen LogP) is 3.19. The van der Waals surface area contributed by atoms with Gasteiger partial charge in [0.05, 0.1) is 13.4 Å². The van der Waals surface area contributed by atoms with Crippen LogP contribution in [0.15, 0.2) is 67.3 Å². The van der Waals surface area contributed by atoms with E-state index in [1.807, 2.05) is 41.1 Å². The van der Waals surface area contributed by atoms with Crippen molar-refractivity contribution in [3.05, 3.63) is 78.4 Å². The van der Waals surface area contributed by atoms with Gasteiger partial charge in [-0.25, -0.2) is 4.98 Å². The minimum Gasteiger partial charge on any atom is -0.497 e. The van der Waals surface area contributed by atoms with Crippen molar-refractivity contribution in [3.63, 3.8) is 0 Å². The molecule has 0 aliphatic heterocycles. The summed E-state index contributed by atoms with van der Waals surface area (Å²) in [6.45, 7) is 0.711. The van der Waals surface area contributed by atoms with Crippen LogP contribution in [0.2, 0.25) is 0 Å². The molecular formula is C18H17N3O2. The van der Waals surface area contributed by atoms with Crippen LogP contribution < -0.4 is 10.1 Å². The zero-order valence-electron chi connectivity index (χ0n) is 12.8. The normalized spacial score (nSPS) is 10.3. The van der Waals surface area contributed by atoms with E-state index in [2.05, 4.69) is 10.3 Å². The van der Waals surface area contributed by atoms with Crippen LogP contribution in [0, 0.1) is 0 Å². The number of imidazole rings is 1. The van der Waals surface area contributed by atoms with Crippen LogP contribution in [-0.2, 0) is 6.54 Å².